The normalized spacial score (nSPS) is 20.6. The molecule has 0 heterocycles. The lowest BCUT2D eigenvalue weighted by Gasteiger charge is -1.98. The Bertz CT molecular complexity index is 50.5. The van der Waals surface area contributed by atoms with Gasteiger partial charge in [-0.25, -0.2) is 0 Å². The molecule has 1 fully saturated rings. The van der Waals surface area contributed by atoms with Crippen LogP contribution in [0.1, 0.15) is 25.7 Å². The van der Waals surface area contributed by atoms with Crippen LogP contribution in [0.15, 0.2) is 0 Å². The van der Waals surface area contributed by atoms with Crippen LogP contribution in [0.2, 0.25) is 0 Å². The monoisotopic (exact) mass is 134 g/mol. The van der Waals surface area contributed by atoms with Crippen LogP contribution < -0.4 is 0 Å². The Morgan fingerprint density at radius 1 is 1.25 bits per heavy atom. The average molecular weight is 134 g/mol. The highest BCUT2D eigenvalue weighted by molar-refractivity contribution is 7.59. The molecular formula is C6H14OS. The number of aliphatic hydroxyl groups is 1. The van der Waals surface area contributed by atoms with Gasteiger partial charge in [0.1, 0.15) is 0 Å². The summed E-state index contributed by atoms with van der Waals surface area (Å²) in [7, 11) is 0. The van der Waals surface area contributed by atoms with Gasteiger partial charge in [-0.15, -0.1) is 0 Å². The molecule has 2 heteroatoms. The molecule has 0 aromatic heterocycles. The van der Waals surface area contributed by atoms with E-state index in [1.807, 2.05) is 0 Å². The van der Waals surface area contributed by atoms with E-state index in [1.54, 1.807) is 0 Å². The van der Waals surface area contributed by atoms with Gasteiger partial charge in [0.2, 0.25) is 0 Å². The summed E-state index contributed by atoms with van der Waals surface area (Å²) in [5.41, 5.74) is 0. The van der Waals surface area contributed by atoms with Crippen molar-refractivity contribution in [3.63, 3.8) is 0 Å². The Morgan fingerprint density at radius 2 is 1.75 bits per heavy atom. The van der Waals surface area contributed by atoms with Crippen LogP contribution in [-0.2, 0) is 0 Å². The first-order valence-electron chi connectivity index (χ1n) is 3.04. The summed E-state index contributed by atoms with van der Waals surface area (Å²) >= 11 is 0. The van der Waals surface area contributed by atoms with E-state index in [2.05, 4.69) is 0 Å². The molecule has 1 aliphatic rings. The molecule has 50 valence electrons. The lowest BCUT2D eigenvalue weighted by molar-refractivity contribution is 0.230. The second-order valence-electron chi connectivity index (χ2n) is 2.33. The highest BCUT2D eigenvalue weighted by Crippen LogP contribution is 2.23. The van der Waals surface area contributed by atoms with Crippen LogP contribution in [0.5, 0.6) is 0 Å². The molecule has 1 N–H and O–H groups in total. The average Bonchev–Trinajstić information content (AvgIpc) is 2.14. The van der Waals surface area contributed by atoms with Gasteiger partial charge in [0.05, 0.1) is 0 Å². The molecule has 1 aliphatic carbocycles. The molecule has 0 saturated heterocycles. The summed E-state index contributed by atoms with van der Waals surface area (Å²) in [4.78, 5) is 0. The highest BCUT2D eigenvalue weighted by Gasteiger charge is 2.12. The first kappa shape index (κ1) is 8.31. The van der Waals surface area contributed by atoms with E-state index in [0.29, 0.717) is 12.5 Å². The Labute approximate surface area is 57.5 Å². The fraction of sp³-hybridized carbons (Fsp3) is 1.00. The Kier molecular flexibility index (Phi) is 4.38. The van der Waals surface area contributed by atoms with E-state index in [9.17, 15) is 0 Å². The van der Waals surface area contributed by atoms with Gasteiger partial charge in [0.25, 0.3) is 0 Å². The van der Waals surface area contributed by atoms with Gasteiger partial charge in [0, 0.05) is 6.61 Å². The zero-order valence-electron chi connectivity index (χ0n) is 5.06. The van der Waals surface area contributed by atoms with Crippen LogP contribution in [0, 0.1) is 5.92 Å². The van der Waals surface area contributed by atoms with Crippen LogP contribution in [0.3, 0.4) is 0 Å². The third-order valence-corrected chi connectivity index (χ3v) is 1.73. The van der Waals surface area contributed by atoms with Crippen molar-refractivity contribution in [3.8, 4) is 0 Å². The molecule has 0 bridgehead atoms. The molecule has 1 saturated carbocycles. The maximum Gasteiger partial charge on any atom is 0.0459 e. The zero-order chi connectivity index (χ0) is 5.11. The van der Waals surface area contributed by atoms with Crippen LogP contribution in [0.25, 0.3) is 0 Å². The maximum atomic E-state index is 8.57. The second kappa shape index (κ2) is 4.21. The smallest absolute Gasteiger partial charge is 0.0459 e. The third-order valence-electron chi connectivity index (χ3n) is 1.73. The first-order chi connectivity index (χ1) is 3.43. The fourth-order valence-corrected chi connectivity index (χ4v) is 1.19. The summed E-state index contributed by atoms with van der Waals surface area (Å²) < 4.78 is 0. The van der Waals surface area contributed by atoms with Gasteiger partial charge in [0.15, 0.2) is 0 Å². The van der Waals surface area contributed by atoms with Crippen molar-refractivity contribution in [2.24, 2.45) is 5.92 Å². The SMILES string of the molecule is OCC1CCCC1.S. The summed E-state index contributed by atoms with van der Waals surface area (Å²) in [5, 5.41) is 8.57. The van der Waals surface area contributed by atoms with Gasteiger partial charge in [-0.05, 0) is 18.8 Å². The van der Waals surface area contributed by atoms with E-state index < -0.39 is 0 Å². The Balaban J connectivity index is 0.000000490. The van der Waals surface area contributed by atoms with E-state index in [-0.39, 0.29) is 13.5 Å². The molecule has 8 heavy (non-hydrogen) atoms. The predicted octanol–water partition coefficient (Wildman–Crippen LogP) is 1.28. The van der Waals surface area contributed by atoms with Crippen molar-refractivity contribution < 1.29 is 5.11 Å². The molecule has 1 nitrogen and oxygen atoms in total. The van der Waals surface area contributed by atoms with Crippen LogP contribution in [-0.4, -0.2) is 11.7 Å². The summed E-state index contributed by atoms with van der Waals surface area (Å²) in [6.45, 7) is 0.417. The molecule has 0 aromatic rings. The fourth-order valence-electron chi connectivity index (χ4n) is 1.19. The zero-order valence-corrected chi connectivity index (χ0v) is 6.06. The van der Waals surface area contributed by atoms with E-state index in [0.717, 1.165) is 0 Å². The summed E-state index contributed by atoms with van der Waals surface area (Å²) in [5.74, 6) is 0.653. The van der Waals surface area contributed by atoms with Crippen LogP contribution >= 0.6 is 13.5 Å². The van der Waals surface area contributed by atoms with Gasteiger partial charge in [-0.3, -0.25) is 0 Å². The Morgan fingerprint density at radius 3 is 2.00 bits per heavy atom. The maximum absolute atomic E-state index is 8.57. The lowest BCUT2D eigenvalue weighted by atomic mass is 10.1. The van der Waals surface area contributed by atoms with Crippen molar-refractivity contribution in [2.45, 2.75) is 25.7 Å². The van der Waals surface area contributed by atoms with Crippen molar-refractivity contribution >= 4 is 13.5 Å². The molecular weight excluding hydrogens is 120 g/mol. The number of hydrogen-bond donors (Lipinski definition) is 1. The quantitative estimate of drug-likeness (QED) is 0.573. The minimum atomic E-state index is 0. The highest BCUT2D eigenvalue weighted by atomic mass is 32.1. The molecule has 0 amide bonds. The number of rotatable bonds is 1. The molecule has 0 radical (unpaired) electrons. The van der Waals surface area contributed by atoms with Crippen molar-refractivity contribution in [1.29, 1.82) is 0 Å². The lowest BCUT2D eigenvalue weighted by Crippen LogP contribution is -1.97. The largest absolute Gasteiger partial charge is 0.396 e. The van der Waals surface area contributed by atoms with Gasteiger partial charge in [-0.1, -0.05) is 12.8 Å². The summed E-state index contributed by atoms with van der Waals surface area (Å²) in [6.07, 6.45) is 5.20. The number of aliphatic hydroxyl groups excluding tert-OH is 1. The molecule has 1 rings (SSSR count). The van der Waals surface area contributed by atoms with Crippen molar-refractivity contribution in [3.05, 3.63) is 0 Å². The van der Waals surface area contributed by atoms with Crippen molar-refractivity contribution in [2.75, 3.05) is 6.61 Å². The topological polar surface area (TPSA) is 20.2 Å². The molecule has 0 spiro atoms. The van der Waals surface area contributed by atoms with Gasteiger partial charge < -0.3 is 5.11 Å². The molecule has 0 unspecified atom stereocenters. The predicted molar refractivity (Wildman–Crippen MR) is 39.4 cm³/mol. The second-order valence-corrected chi connectivity index (χ2v) is 2.33. The molecule has 0 atom stereocenters. The van der Waals surface area contributed by atoms with E-state index in [4.69, 9.17) is 5.11 Å². The van der Waals surface area contributed by atoms with Crippen molar-refractivity contribution in [1.82, 2.24) is 0 Å². The first-order valence-corrected chi connectivity index (χ1v) is 3.04. The molecule has 0 aliphatic heterocycles. The summed E-state index contributed by atoms with van der Waals surface area (Å²) in [6, 6.07) is 0. The standard InChI is InChI=1S/C6H12O.H2S/c7-5-6-3-1-2-4-6;/h6-7H,1-5H2;1H2. The Hall–Kier alpha value is 0.310. The minimum Gasteiger partial charge on any atom is -0.396 e. The van der Waals surface area contributed by atoms with Gasteiger partial charge in [-0.2, -0.15) is 13.5 Å². The number of hydrogen-bond acceptors (Lipinski definition) is 1. The third kappa shape index (κ3) is 2.05. The van der Waals surface area contributed by atoms with Gasteiger partial charge >= 0.3 is 0 Å². The van der Waals surface area contributed by atoms with E-state index in [1.165, 1.54) is 25.7 Å². The molecule has 0 aromatic carbocycles. The van der Waals surface area contributed by atoms with E-state index >= 15 is 0 Å². The minimum absolute atomic E-state index is 0. The van der Waals surface area contributed by atoms with Crippen LogP contribution in [0.4, 0.5) is 0 Å².